The molecule has 118 valence electrons. The maximum Gasteiger partial charge on any atom is 0.349 e. The number of H-pyrrole nitrogens is 3. The second-order valence-electron chi connectivity index (χ2n) is 4.50. The van der Waals surface area contributed by atoms with Crippen molar-refractivity contribution in [1.29, 1.82) is 5.26 Å². The highest BCUT2D eigenvalue weighted by Gasteiger charge is 2.15. The Morgan fingerprint density at radius 2 is 1.79 bits per heavy atom. The molecule has 11 heteroatoms. The molecule has 11 nitrogen and oxygen atoms in total. The van der Waals surface area contributed by atoms with Gasteiger partial charge in [0.15, 0.2) is 5.69 Å². The summed E-state index contributed by atoms with van der Waals surface area (Å²) in [5.41, 5.74) is -3.79. The third-order valence-electron chi connectivity index (χ3n) is 3.03. The number of nitrogens with one attached hydrogen (secondary N) is 3. The first-order valence-electron chi connectivity index (χ1n) is 6.44. The second kappa shape index (κ2) is 5.61. The van der Waals surface area contributed by atoms with Crippen LogP contribution in [0.4, 0.5) is 0 Å². The number of hydrogen-bond acceptors (Lipinski definition) is 7. The van der Waals surface area contributed by atoms with E-state index in [0.29, 0.717) is 0 Å². The van der Waals surface area contributed by atoms with Gasteiger partial charge < -0.3 is 0 Å². The van der Waals surface area contributed by atoms with Gasteiger partial charge >= 0.3 is 11.4 Å². The van der Waals surface area contributed by atoms with Gasteiger partial charge in [0.1, 0.15) is 6.07 Å². The van der Waals surface area contributed by atoms with Crippen LogP contribution in [0.1, 0.15) is 5.69 Å². The molecule has 3 N–H and O–H groups in total. The number of para-hydroxylation sites is 1. The molecule has 3 rings (SSSR count). The molecular formula is C13H7N7O4. The number of hydrogen-bond donors (Lipinski definition) is 3. The molecule has 0 saturated heterocycles. The van der Waals surface area contributed by atoms with Crippen molar-refractivity contribution < 1.29 is 0 Å². The predicted molar refractivity (Wildman–Crippen MR) is 79.6 cm³/mol. The summed E-state index contributed by atoms with van der Waals surface area (Å²) in [4.78, 5) is 50.4. The van der Waals surface area contributed by atoms with Crippen molar-refractivity contribution >= 4 is 0 Å². The molecule has 0 spiro atoms. The standard InChI is InChI=1S/C13H7N7O4/c14-5-7-10(21)16-13(24)20(19-7)8-4-2-1-3-6(8)9-11(22)15-12(23)18-17-9/h1-4H,(H,16,21,24)(H2,15,18,22,23). The molecule has 24 heavy (non-hydrogen) atoms. The summed E-state index contributed by atoms with van der Waals surface area (Å²) in [6.07, 6.45) is 0. The molecule has 0 aliphatic rings. The molecule has 3 aromatic rings. The molecule has 0 atom stereocenters. The van der Waals surface area contributed by atoms with E-state index in [1.807, 2.05) is 9.97 Å². The average molecular weight is 325 g/mol. The minimum absolute atomic E-state index is 0.0975. The second-order valence-corrected chi connectivity index (χ2v) is 4.50. The van der Waals surface area contributed by atoms with E-state index in [1.165, 1.54) is 12.1 Å². The molecule has 0 radical (unpaired) electrons. The van der Waals surface area contributed by atoms with Crippen LogP contribution in [0.25, 0.3) is 16.9 Å². The normalized spacial score (nSPS) is 10.3. The lowest BCUT2D eigenvalue weighted by Gasteiger charge is -2.08. The Labute approximate surface area is 130 Å². The Kier molecular flexibility index (Phi) is 3.47. The van der Waals surface area contributed by atoms with Gasteiger partial charge in [0.2, 0.25) is 5.69 Å². The van der Waals surface area contributed by atoms with Crippen molar-refractivity contribution in [2.24, 2.45) is 0 Å². The first kappa shape index (κ1) is 14.9. The third kappa shape index (κ3) is 2.44. The van der Waals surface area contributed by atoms with Crippen LogP contribution in [0.3, 0.4) is 0 Å². The van der Waals surface area contributed by atoms with Crippen molar-refractivity contribution in [3.63, 3.8) is 0 Å². The van der Waals surface area contributed by atoms with E-state index in [0.717, 1.165) is 4.68 Å². The van der Waals surface area contributed by atoms with Crippen LogP contribution < -0.4 is 22.5 Å². The Balaban J connectivity index is 2.35. The number of benzene rings is 1. The van der Waals surface area contributed by atoms with Crippen molar-refractivity contribution in [1.82, 2.24) is 29.9 Å². The number of rotatable bonds is 2. The Morgan fingerprint density at radius 3 is 2.50 bits per heavy atom. The molecule has 2 aromatic heterocycles. The van der Waals surface area contributed by atoms with Gasteiger partial charge in [-0.1, -0.05) is 18.2 Å². The molecule has 2 heterocycles. The fourth-order valence-corrected chi connectivity index (χ4v) is 2.03. The Bertz CT molecular complexity index is 1210. The van der Waals surface area contributed by atoms with E-state index in [2.05, 4.69) is 15.3 Å². The van der Waals surface area contributed by atoms with Gasteiger partial charge in [-0.25, -0.2) is 14.7 Å². The molecule has 0 unspecified atom stereocenters. The highest BCUT2D eigenvalue weighted by Crippen LogP contribution is 2.19. The van der Waals surface area contributed by atoms with Crippen LogP contribution in [-0.4, -0.2) is 29.9 Å². The number of nitrogens with zero attached hydrogens (tertiary/aromatic N) is 4. The summed E-state index contributed by atoms with van der Waals surface area (Å²) in [6.45, 7) is 0. The van der Waals surface area contributed by atoms with Crippen LogP contribution in [0.2, 0.25) is 0 Å². The molecule has 0 amide bonds. The SMILES string of the molecule is N#Cc1nn(-c2ccccc2-c2n[nH]c(=O)[nH]c2=O)c(=O)[nH]c1=O. The number of aromatic nitrogens is 6. The minimum atomic E-state index is -0.920. The zero-order valence-electron chi connectivity index (χ0n) is 11.7. The van der Waals surface area contributed by atoms with Crippen molar-refractivity contribution in [2.45, 2.75) is 0 Å². The van der Waals surface area contributed by atoms with Crippen molar-refractivity contribution in [2.75, 3.05) is 0 Å². The van der Waals surface area contributed by atoms with E-state index < -0.39 is 28.2 Å². The zero-order chi connectivity index (χ0) is 17.3. The maximum atomic E-state index is 12.0. The van der Waals surface area contributed by atoms with E-state index in [1.54, 1.807) is 18.2 Å². The van der Waals surface area contributed by atoms with E-state index in [9.17, 15) is 19.2 Å². The van der Waals surface area contributed by atoms with Crippen LogP contribution in [0.5, 0.6) is 0 Å². The highest BCUT2D eigenvalue weighted by molar-refractivity contribution is 5.68. The van der Waals surface area contributed by atoms with Crippen LogP contribution in [-0.2, 0) is 0 Å². The van der Waals surface area contributed by atoms with Crippen molar-refractivity contribution in [3.8, 4) is 23.0 Å². The smallest absolute Gasteiger partial charge is 0.271 e. The lowest BCUT2D eigenvalue weighted by Crippen LogP contribution is -2.34. The lowest BCUT2D eigenvalue weighted by molar-refractivity contribution is 0.740. The molecule has 0 bridgehead atoms. The van der Waals surface area contributed by atoms with Gasteiger partial charge in [0.25, 0.3) is 11.1 Å². The fourth-order valence-electron chi connectivity index (χ4n) is 2.03. The monoisotopic (exact) mass is 325 g/mol. The third-order valence-corrected chi connectivity index (χ3v) is 3.03. The van der Waals surface area contributed by atoms with Crippen LogP contribution in [0.15, 0.2) is 43.4 Å². The number of nitriles is 1. The van der Waals surface area contributed by atoms with E-state index in [-0.39, 0.29) is 16.9 Å². The summed E-state index contributed by atoms with van der Waals surface area (Å²) in [7, 11) is 0. The fraction of sp³-hybridized carbons (Fsp3) is 0. The first-order chi connectivity index (χ1) is 11.5. The summed E-state index contributed by atoms with van der Waals surface area (Å²) < 4.78 is 0.765. The van der Waals surface area contributed by atoms with Crippen molar-refractivity contribution in [3.05, 3.63) is 71.6 Å². The summed E-state index contributed by atoms with van der Waals surface area (Å²) >= 11 is 0. The van der Waals surface area contributed by atoms with E-state index in [4.69, 9.17) is 5.26 Å². The molecule has 0 aliphatic carbocycles. The van der Waals surface area contributed by atoms with Crippen LogP contribution >= 0.6 is 0 Å². The minimum Gasteiger partial charge on any atom is -0.271 e. The Hall–Kier alpha value is -4.07. The predicted octanol–water partition coefficient (Wildman–Crippen LogP) is -1.77. The van der Waals surface area contributed by atoms with E-state index >= 15 is 0 Å². The van der Waals surface area contributed by atoms with Gasteiger partial charge in [-0.05, 0) is 6.07 Å². The van der Waals surface area contributed by atoms with Crippen LogP contribution in [0, 0.1) is 11.3 Å². The zero-order valence-corrected chi connectivity index (χ0v) is 11.7. The first-order valence-corrected chi connectivity index (χ1v) is 6.44. The van der Waals surface area contributed by atoms with Gasteiger partial charge in [-0.15, -0.1) is 5.10 Å². The quantitative estimate of drug-likeness (QED) is 0.500. The number of aromatic amines is 3. The lowest BCUT2D eigenvalue weighted by atomic mass is 10.1. The van der Waals surface area contributed by atoms with Gasteiger partial charge in [-0.3, -0.25) is 19.6 Å². The largest absolute Gasteiger partial charge is 0.349 e. The topological polar surface area (TPSA) is 170 Å². The average Bonchev–Trinajstić information content (AvgIpc) is 2.55. The molecule has 0 fully saturated rings. The maximum absolute atomic E-state index is 12.0. The Morgan fingerprint density at radius 1 is 1.04 bits per heavy atom. The highest BCUT2D eigenvalue weighted by atomic mass is 16.2. The molecular weight excluding hydrogens is 318 g/mol. The molecule has 0 saturated carbocycles. The van der Waals surface area contributed by atoms with Gasteiger partial charge in [0.05, 0.1) is 5.69 Å². The molecule has 0 aliphatic heterocycles. The van der Waals surface area contributed by atoms with Gasteiger partial charge in [0, 0.05) is 5.56 Å². The summed E-state index contributed by atoms with van der Waals surface area (Å²) in [5.74, 6) is 0. The van der Waals surface area contributed by atoms with Gasteiger partial charge in [-0.2, -0.15) is 15.0 Å². The molecule has 1 aromatic carbocycles. The summed E-state index contributed by atoms with van der Waals surface area (Å²) in [5, 5.41) is 18.3. The summed E-state index contributed by atoms with van der Waals surface area (Å²) in [6, 6.07) is 7.61.